The molecule has 1 aromatic carbocycles. The highest BCUT2D eigenvalue weighted by Gasteiger charge is 2.40. The lowest BCUT2D eigenvalue weighted by Gasteiger charge is -2.43. The van der Waals surface area contributed by atoms with Crippen molar-refractivity contribution in [1.82, 2.24) is 0 Å². The van der Waals surface area contributed by atoms with E-state index in [0.29, 0.717) is 0 Å². The quantitative estimate of drug-likeness (QED) is 0.821. The molecule has 1 aliphatic rings. The molecule has 1 saturated heterocycles. The number of methoxy groups -OCH3 is 1. The number of hydrogen-bond donors (Lipinski definition) is 1. The van der Waals surface area contributed by atoms with Gasteiger partial charge in [-0.1, -0.05) is 19.1 Å². The Morgan fingerprint density at radius 1 is 1.47 bits per heavy atom. The van der Waals surface area contributed by atoms with Crippen molar-refractivity contribution in [2.75, 3.05) is 20.3 Å². The van der Waals surface area contributed by atoms with E-state index in [1.54, 1.807) is 7.11 Å². The molecule has 1 heterocycles. The highest BCUT2D eigenvalue weighted by atomic mass is 16.5. The Labute approximate surface area is 90.2 Å². The summed E-state index contributed by atoms with van der Waals surface area (Å²) >= 11 is 0. The second kappa shape index (κ2) is 3.83. The van der Waals surface area contributed by atoms with Crippen molar-refractivity contribution in [2.24, 2.45) is 11.1 Å². The first-order valence-electron chi connectivity index (χ1n) is 5.13. The molecule has 1 fully saturated rings. The van der Waals surface area contributed by atoms with Crippen molar-refractivity contribution < 1.29 is 9.47 Å². The molecular formula is C12H17NO2. The lowest BCUT2D eigenvalue weighted by Crippen LogP contribution is -2.47. The number of hydrogen-bond acceptors (Lipinski definition) is 3. The number of nitrogens with two attached hydrogens (primary N) is 1. The molecule has 15 heavy (non-hydrogen) atoms. The minimum absolute atomic E-state index is 0.0151. The largest absolute Gasteiger partial charge is 0.497 e. The van der Waals surface area contributed by atoms with Crippen LogP contribution >= 0.6 is 0 Å². The highest BCUT2D eigenvalue weighted by molar-refractivity contribution is 5.31. The highest BCUT2D eigenvalue weighted by Crippen LogP contribution is 2.38. The predicted molar refractivity (Wildman–Crippen MR) is 58.8 cm³/mol. The van der Waals surface area contributed by atoms with E-state index in [0.717, 1.165) is 24.5 Å². The first kappa shape index (κ1) is 10.5. The van der Waals surface area contributed by atoms with Crippen LogP contribution in [-0.4, -0.2) is 20.3 Å². The van der Waals surface area contributed by atoms with Crippen LogP contribution in [0.4, 0.5) is 0 Å². The van der Waals surface area contributed by atoms with Gasteiger partial charge in [0.05, 0.1) is 20.3 Å². The van der Waals surface area contributed by atoms with Crippen molar-refractivity contribution in [3.8, 4) is 5.75 Å². The molecule has 1 aliphatic heterocycles. The van der Waals surface area contributed by atoms with Crippen LogP contribution in [0.15, 0.2) is 24.3 Å². The second-order valence-corrected chi connectivity index (χ2v) is 4.40. The van der Waals surface area contributed by atoms with Gasteiger partial charge in [0.1, 0.15) is 5.75 Å². The SMILES string of the molecule is COc1cccc(C(N)C2(C)COC2)c1. The molecule has 2 N–H and O–H groups in total. The zero-order chi connectivity index (χ0) is 10.9. The molecule has 0 radical (unpaired) electrons. The van der Waals surface area contributed by atoms with E-state index in [4.69, 9.17) is 15.2 Å². The summed E-state index contributed by atoms with van der Waals surface area (Å²) in [5.74, 6) is 0.854. The number of ether oxygens (including phenoxy) is 2. The van der Waals surface area contributed by atoms with E-state index < -0.39 is 0 Å². The zero-order valence-corrected chi connectivity index (χ0v) is 9.19. The third kappa shape index (κ3) is 1.85. The number of rotatable bonds is 3. The van der Waals surface area contributed by atoms with Gasteiger partial charge in [0.25, 0.3) is 0 Å². The summed E-state index contributed by atoms with van der Waals surface area (Å²) in [6, 6.07) is 7.94. The third-order valence-electron chi connectivity index (χ3n) is 3.07. The van der Waals surface area contributed by atoms with Gasteiger partial charge >= 0.3 is 0 Å². The molecule has 0 aromatic heterocycles. The van der Waals surface area contributed by atoms with E-state index in [2.05, 4.69) is 6.92 Å². The lowest BCUT2D eigenvalue weighted by atomic mass is 9.77. The molecule has 82 valence electrons. The summed E-state index contributed by atoms with van der Waals surface area (Å²) in [5, 5.41) is 0. The first-order valence-corrected chi connectivity index (χ1v) is 5.13. The topological polar surface area (TPSA) is 44.5 Å². The van der Waals surface area contributed by atoms with Crippen LogP contribution in [0.25, 0.3) is 0 Å². The van der Waals surface area contributed by atoms with Crippen molar-refractivity contribution in [3.63, 3.8) is 0 Å². The van der Waals surface area contributed by atoms with Crippen LogP contribution in [0.2, 0.25) is 0 Å². The van der Waals surface area contributed by atoms with Crippen LogP contribution in [-0.2, 0) is 4.74 Å². The summed E-state index contributed by atoms with van der Waals surface area (Å²) < 4.78 is 10.4. The Bertz CT molecular complexity index is 347. The van der Waals surface area contributed by atoms with Gasteiger partial charge in [0, 0.05) is 11.5 Å². The minimum atomic E-state index is 0.0151. The van der Waals surface area contributed by atoms with Gasteiger partial charge in [-0.05, 0) is 17.7 Å². The lowest BCUT2D eigenvalue weighted by molar-refractivity contribution is -0.115. The molecule has 0 spiro atoms. The standard InChI is InChI=1S/C12H17NO2/c1-12(7-15-8-12)11(13)9-4-3-5-10(6-9)14-2/h3-6,11H,7-8,13H2,1-2H3. The summed E-state index contributed by atoms with van der Waals surface area (Å²) in [6.07, 6.45) is 0. The van der Waals surface area contributed by atoms with Crippen LogP contribution in [0.3, 0.4) is 0 Å². The Morgan fingerprint density at radius 3 is 2.73 bits per heavy atom. The average molecular weight is 207 g/mol. The average Bonchev–Trinajstić information content (AvgIpc) is 2.25. The molecule has 0 aliphatic carbocycles. The van der Waals surface area contributed by atoms with E-state index >= 15 is 0 Å². The van der Waals surface area contributed by atoms with Crippen molar-refractivity contribution in [1.29, 1.82) is 0 Å². The molecule has 1 atom stereocenters. The molecular weight excluding hydrogens is 190 g/mol. The van der Waals surface area contributed by atoms with Gasteiger partial charge in [-0.3, -0.25) is 0 Å². The molecule has 3 nitrogen and oxygen atoms in total. The molecule has 1 unspecified atom stereocenters. The maximum absolute atomic E-state index is 6.22. The Hall–Kier alpha value is -1.06. The fraction of sp³-hybridized carbons (Fsp3) is 0.500. The first-order chi connectivity index (χ1) is 7.15. The fourth-order valence-electron chi connectivity index (χ4n) is 1.84. The van der Waals surface area contributed by atoms with Gasteiger partial charge < -0.3 is 15.2 Å². The maximum Gasteiger partial charge on any atom is 0.119 e. The Morgan fingerprint density at radius 2 is 2.20 bits per heavy atom. The second-order valence-electron chi connectivity index (χ2n) is 4.40. The van der Waals surface area contributed by atoms with Gasteiger partial charge in [-0.25, -0.2) is 0 Å². The van der Waals surface area contributed by atoms with Crippen LogP contribution in [0.5, 0.6) is 5.75 Å². The number of benzene rings is 1. The van der Waals surface area contributed by atoms with E-state index in [-0.39, 0.29) is 11.5 Å². The normalized spacial score (nSPS) is 20.5. The van der Waals surface area contributed by atoms with E-state index in [1.807, 2.05) is 24.3 Å². The monoisotopic (exact) mass is 207 g/mol. The van der Waals surface area contributed by atoms with Gasteiger partial charge in [-0.15, -0.1) is 0 Å². The summed E-state index contributed by atoms with van der Waals surface area (Å²) in [6.45, 7) is 3.64. The zero-order valence-electron chi connectivity index (χ0n) is 9.19. The molecule has 3 heteroatoms. The molecule has 0 bridgehead atoms. The molecule has 2 rings (SSSR count). The van der Waals surface area contributed by atoms with Gasteiger partial charge in [0.15, 0.2) is 0 Å². The fourth-order valence-corrected chi connectivity index (χ4v) is 1.84. The van der Waals surface area contributed by atoms with Gasteiger partial charge in [0.2, 0.25) is 0 Å². The Kier molecular flexibility index (Phi) is 2.67. The Balaban J connectivity index is 2.21. The van der Waals surface area contributed by atoms with E-state index in [9.17, 15) is 0 Å². The third-order valence-corrected chi connectivity index (χ3v) is 3.07. The maximum atomic E-state index is 6.22. The summed E-state index contributed by atoms with van der Waals surface area (Å²) in [7, 11) is 1.67. The van der Waals surface area contributed by atoms with Crippen LogP contribution in [0, 0.1) is 5.41 Å². The van der Waals surface area contributed by atoms with Crippen molar-refractivity contribution in [3.05, 3.63) is 29.8 Å². The predicted octanol–water partition coefficient (Wildman–Crippen LogP) is 1.73. The van der Waals surface area contributed by atoms with Crippen molar-refractivity contribution >= 4 is 0 Å². The van der Waals surface area contributed by atoms with Gasteiger partial charge in [-0.2, -0.15) is 0 Å². The summed E-state index contributed by atoms with van der Waals surface area (Å²) in [4.78, 5) is 0. The molecule has 0 saturated carbocycles. The molecule has 1 aromatic rings. The smallest absolute Gasteiger partial charge is 0.119 e. The van der Waals surface area contributed by atoms with Crippen molar-refractivity contribution in [2.45, 2.75) is 13.0 Å². The molecule has 0 amide bonds. The van der Waals surface area contributed by atoms with E-state index in [1.165, 1.54) is 0 Å². The van der Waals surface area contributed by atoms with Crippen LogP contribution in [0.1, 0.15) is 18.5 Å². The van der Waals surface area contributed by atoms with Crippen LogP contribution < -0.4 is 10.5 Å². The summed E-state index contributed by atoms with van der Waals surface area (Å²) in [5.41, 5.74) is 7.41. The minimum Gasteiger partial charge on any atom is -0.497 e.